The second-order valence-electron chi connectivity index (χ2n) is 4.38. The van der Waals surface area contributed by atoms with E-state index in [0.717, 1.165) is 5.56 Å². The standard InChI is InChI=1S/C13H16ClNO3/c1-8(2)12(16)15-11(13(17)18)7-9-3-5-10(14)6-4-9/h3-6,8,11H,7H2,1-2H3,(H,15,16)(H,17,18). The fourth-order valence-corrected chi connectivity index (χ4v) is 1.52. The summed E-state index contributed by atoms with van der Waals surface area (Å²) in [6.45, 7) is 3.44. The zero-order valence-electron chi connectivity index (χ0n) is 10.3. The lowest BCUT2D eigenvalue weighted by Crippen LogP contribution is -2.44. The van der Waals surface area contributed by atoms with Crippen molar-refractivity contribution in [3.8, 4) is 0 Å². The maximum absolute atomic E-state index is 11.5. The van der Waals surface area contributed by atoms with Gasteiger partial charge in [-0.05, 0) is 17.7 Å². The highest BCUT2D eigenvalue weighted by molar-refractivity contribution is 6.30. The van der Waals surface area contributed by atoms with Crippen LogP contribution in [0, 0.1) is 5.92 Å². The van der Waals surface area contributed by atoms with Gasteiger partial charge in [-0.2, -0.15) is 0 Å². The Morgan fingerprint density at radius 3 is 2.28 bits per heavy atom. The molecule has 1 atom stereocenters. The first-order valence-electron chi connectivity index (χ1n) is 5.67. The molecule has 1 aromatic rings. The van der Waals surface area contributed by atoms with Gasteiger partial charge in [0.05, 0.1) is 0 Å². The van der Waals surface area contributed by atoms with Crippen LogP contribution in [0.25, 0.3) is 0 Å². The van der Waals surface area contributed by atoms with E-state index in [0.29, 0.717) is 5.02 Å². The van der Waals surface area contributed by atoms with E-state index in [9.17, 15) is 9.59 Å². The molecule has 18 heavy (non-hydrogen) atoms. The first-order valence-corrected chi connectivity index (χ1v) is 6.05. The molecule has 0 saturated carbocycles. The van der Waals surface area contributed by atoms with Gasteiger partial charge in [0.25, 0.3) is 0 Å². The summed E-state index contributed by atoms with van der Waals surface area (Å²) < 4.78 is 0. The average Bonchev–Trinajstić information content (AvgIpc) is 2.30. The van der Waals surface area contributed by atoms with Crippen molar-refractivity contribution in [2.75, 3.05) is 0 Å². The van der Waals surface area contributed by atoms with E-state index in [1.807, 2.05) is 0 Å². The normalized spacial score (nSPS) is 12.2. The highest BCUT2D eigenvalue weighted by Crippen LogP contribution is 2.11. The van der Waals surface area contributed by atoms with Gasteiger partial charge in [-0.25, -0.2) is 4.79 Å². The second kappa shape index (κ2) is 6.40. The summed E-state index contributed by atoms with van der Waals surface area (Å²) in [5.74, 6) is -1.55. The van der Waals surface area contributed by atoms with E-state index < -0.39 is 12.0 Å². The van der Waals surface area contributed by atoms with Crippen LogP contribution in [0.5, 0.6) is 0 Å². The fourth-order valence-electron chi connectivity index (χ4n) is 1.39. The highest BCUT2D eigenvalue weighted by Gasteiger charge is 2.21. The number of rotatable bonds is 5. The number of carbonyl (C=O) groups excluding carboxylic acids is 1. The third-order valence-corrected chi connectivity index (χ3v) is 2.74. The molecule has 0 aliphatic heterocycles. The van der Waals surface area contributed by atoms with Crippen molar-refractivity contribution in [2.24, 2.45) is 5.92 Å². The molecular formula is C13H16ClNO3. The van der Waals surface area contributed by atoms with Crippen LogP contribution in [0.1, 0.15) is 19.4 Å². The predicted molar refractivity (Wildman–Crippen MR) is 69.6 cm³/mol. The molecule has 4 nitrogen and oxygen atoms in total. The van der Waals surface area contributed by atoms with Gasteiger partial charge in [0.15, 0.2) is 0 Å². The van der Waals surface area contributed by atoms with Crippen molar-refractivity contribution in [3.63, 3.8) is 0 Å². The van der Waals surface area contributed by atoms with E-state index in [1.165, 1.54) is 0 Å². The van der Waals surface area contributed by atoms with Gasteiger partial charge in [0.2, 0.25) is 5.91 Å². The summed E-state index contributed by atoms with van der Waals surface area (Å²) in [7, 11) is 0. The van der Waals surface area contributed by atoms with Crippen LogP contribution in [0.3, 0.4) is 0 Å². The van der Waals surface area contributed by atoms with E-state index in [1.54, 1.807) is 38.1 Å². The van der Waals surface area contributed by atoms with E-state index in [-0.39, 0.29) is 18.2 Å². The third-order valence-electron chi connectivity index (χ3n) is 2.49. The third kappa shape index (κ3) is 4.37. The SMILES string of the molecule is CC(C)C(=O)NC(Cc1ccc(Cl)cc1)C(=O)O. The first kappa shape index (κ1) is 14.5. The molecule has 2 N–H and O–H groups in total. The Bertz CT molecular complexity index is 428. The fraction of sp³-hybridized carbons (Fsp3) is 0.385. The molecule has 1 aromatic carbocycles. The summed E-state index contributed by atoms with van der Waals surface area (Å²) in [6.07, 6.45) is 0.241. The molecule has 0 fully saturated rings. The minimum absolute atomic E-state index is 0.239. The number of benzene rings is 1. The van der Waals surface area contributed by atoms with Gasteiger partial charge in [-0.3, -0.25) is 4.79 Å². The topological polar surface area (TPSA) is 66.4 Å². The van der Waals surface area contributed by atoms with Crippen LogP contribution in [-0.4, -0.2) is 23.0 Å². The van der Waals surface area contributed by atoms with Gasteiger partial charge in [0, 0.05) is 17.4 Å². The van der Waals surface area contributed by atoms with Crippen LogP contribution in [0.15, 0.2) is 24.3 Å². The Balaban J connectivity index is 2.72. The lowest BCUT2D eigenvalue weighted by atomic mass is 10.1. The smallest absolute Gasteiger partial charge is 0.326 e. The number of carbonyl (C=O) groups is 2. The summed E-state index contributed by atoms with van der Waals surface area (Å²) in [4.78, 5) is 22.6. The molecular weight excluding hydrogens is 254 g/mol. The Hall–Kier alpha value is -1.55. The van der Waals surface area contributed by atoms with Crippen molar-refractivity contribution >= 4 is 23.5 Å². The Labute approximate surface area is 111 Å². The number of halogens is 1. The molecule has 5 heteroatoms. The number of hydrogen-bond acceptors (Lipinski definition) is 2. The molecule has 0 aliphatic rings. The molecule has 0 radical (unpaired) electrons. The number of hydrogen-bond donors (Lipinski definition) is 2. The average molecular weight is 270 g/mol. The molecule has 0 saturated heterocycles. The maximum atomic E-state index is 11.5. The summed E-state index contributed by atoms with van der Waals surface area (Å²) in [5, 5.41) is 12.2. The lowest BCUT2D eigenvalue weighted by Gasteiger charge is -2.16. The van der Waals surface area contributed by atoms with Gasteiger partial charge in [0.1, 0.15) is 6.04 Å². The molecule has 1 unspecified atom stereocenters. The maximum Gasteiger partial charge on any atom is 0.326 e. The van der Waals surface area contributed by atoms with Gasteiger partial charge in [-0.15, -0.1) is 0 Å². The largest absolute Gasteiger partial charge is 0.480 e. The van der Waals surface area contributed by atoms with Crippen molar-refractivity contribution in [3.05, 3.63) is 34.9 Å². The molecule has 0 heterocycles. The molecule has 0 aromatic heterocycles. The number of nitrogens with one attached hydrogen (secondary N) is 1. The van der Waals surface area contributed by atoms with Crippen LogP contribution < -0.4 is 5.32 Å². The van der Waals surface area contributed by atoms with Crippen LogP contribution in [-0.2, 0) is 16.0 Å². The number of carboxylic acids is 1. The summed E-state index contributed by atoms with van der Waals surface area (Å²) in [5.41, 5.74) is 0.816. The molecule has 0 aliphatic carbocycles. The number of carboxylic acid groups (broad SMARTS) is 1. The molecule has 1 rings (SSSR count). The lowest BCUT2D eigenvalue weighted by molar-refractivity contribution is -0.142. The Kier molecular flexibility index (Phi) is 5.16. The van der Waals surface area contributed by atoms with Crippen molar-refractivity contribution in [1.82, 2.24) is 5.32 Å². The predicted octanol–water partition coefficient (Wildman–Crippen LogP) is 2.11. The molecule has 0 spiro atoms. The Morgan fingerprint density at radius 1 is 1.28 bits per heavy atom. The second-order valence-corrected chi connectivity index (χ2v) is 4.82. The van der Waals surface area contributed by atoms with Crippen molar-refractivity contribution in [1.29, 1.82) is 0 Å². The minimum Gasteiger partial charge on any atom is -0.480 e. The highest BCUT2D eigenvalue weighted by atomic mass is 35.5. The quantitative estimate of drug-likeness (QED) is 0.860. The molecule has 1 amide bonds. The monoisotopic (exact) mass is 269 g/mol. The van der Waals surface area contributed by atoms with Crippen LogP contribution in [0.2, 0.25) is 5.02 Å². The molecule has 0 bridgehead atoms. The van der Waals surface area contributed by atoms with Gasteiger partial charge >= 0.3 is 5.97 Å². The van der Waals surface area contributed by atoms with Crippen molar-refractivity contribution in [2.45, 2.75) is 26.3 Å². The zero-order chi connectivity index (χ0) is 13.7. The van der Waals surface area contributed by atoms with Gasteiger partial charge < -0.3 is 10.4 Å². The zero-order valence-corrected chi connectivity index (χ0v) is 11.1. The van der Waals surface area contributed by atoms with Crippen LogP contribution >= 0.6 is 11.6 Å². The molecule has 98 valence electrons. The first-order chi connectivity index (χ1) is 8.40. The summed E-state index contributed by atoms with van der Waals surface area (Å²) >= 11 is 5.75. The minimum atomic E-state index is -1.04. The van der Waals surface area contributed by atoms with E-state index >= 15 is 0 Å². The van der Waals surface area contributed by atoms with E-state index in [2.05, 4.69) is 5.32 Å². The summed E-state index contributed by atoms with van der Waals surface area (Å²) in [6, 6.07) is 5.97. The van der Waals surface area contributed by atoms with Crippen molar-refractivity contribution < 1.29 is 14.7 Å². The number of aliphatic carboxylic acids is 1. The van der Waals surface area contributed by atoms with Gasteiger partial charge in [-0.1, -0.05) is 37.6 Å². The Morgan fingerprint density at radius 2 is 1.83 bits per heavy atom. The van der Waals surface area contributed by atoms with Crippen LogP contribution in [0.4, 0.5) is 0 Å². The number of amides is 1. The van der Waals surface area contributed by atoms with E-state index in [4.69, 9.17) is 16.7 Å².